The van der Waals surface area contributed by atoms with E-state index in [1.54, 1.807) is 24.0 Å². The molecule has 1 fully saturated rings. The van der Waals surface area contributed by atoms with Crippen LogP contribution in [0.5, 0.6) is 0 Å². The van der Waals surface area contributed by atoms with Crippen LogP contribution in [0.2, 0.25) is 0 Å². The largest absolute Gasteiger partial charge is 0.309 e. The lowest BCUT2D eigenvalue weighted by atomic mass is 10.3. The first-order chi connectivity index (χ1) is 6.77. The number of aromatic nitrogens is 2. The molecule has 0 aliphatic heterocycles. The first-order valence-corrected chi connectivity index (χ1v) is 4.99. The van der Waals surface area contributed by atoms with Crippen LogP contribution in [0.4, 0.5) is 0 Å². The van der Waals surface area contributed by atoms with Crippen molar-refractivity contribution in [1.82, 2.24) is 15.1 Å². The molecule has 4 nitrogen and oxygen atoms in total. The van der Waals surface area contributed by atoms with Crippen LogP contribution in [0.25, 0.3) is 0 Å². The summed E-state index contributed by atoms with van der Waals surface area (Å²) < 4.78 is 1.61. The van der Waals surface area contributed by atoms with Crippen LogP contribution >= 0.6 is 0 Å². The Kier molecular flexibility index (Phi) is 2.63. The molecule has 1 heterocycles. The normalized spacial score (nSPS) is 15.8. The van der Waals surface area contributed by atoms with Gasteiger partial charge in [0.1, 0.15) is 5.69 Å². The second kappa shape index (κ2) is 3.92. The zero-order valence-electron chi connectivity index (χ0n) is 8.36. The van der Waals surface area contributed by atoms with E-state index in [2.05, 4.69) is 10.4 Å². The molecule has 1 aromatic rings. The molecule has 0 radical (unpaired) electrons. The number of hydrogen-bond donors (Lipinski definition) is 1. The van der Waals surface area contributed by atoms with Gasteiger partial charge in [0.15, 0.2) is 5.78 Å². The predicted molar refractivity (Wildman–Crippen MR) is 53.1 cm³/mol. The zero-order valence-corrected chi connectivity index (χ0v) is 8.36. The Hall–Kier alpha value is -1.16. The van der Waals surface area contributed by atoms with E-state index in [-0.39, 0.29) is 5.78 Å². The molecule has 0 amide bonds. The summed E-state index contributed by atoms with van der Waals surface area (Å²) in [5.74, 6) is 0.931. The second-order valence-electron chi connectivity index (χ2n) is 3.84. The minimum Gasteiger partial charge on any atom is -0.309 e. The molecule has 1 aromatic heterocycles. The number of carbonyl (C=O) groups is 1. The standard InChI is InChI=1S/C10H15N3O/c1-13-9(4-5-12-13)10(14)7-11-6-8-2-3-8/h4-5,8,11H,2-3,6-7H2,1H3. The summed E-state index contributed by atoms with van der Waals surface area (Å²) in [6, 6.07) is 1.75. The van der Waals surface area contributed by atoms with E-state index in [0.717, 1.165) is 12.5 Å². The van der Waals surface area contributed by atoms with Crippen LogP contribution in [0.3, 0.4) is 0 Å². The van der Waals surface area contributed by atoms with Crippen molar-refractivity contribution in [1.29, 1.82) is 0 Å². The van der Waals surface area contributed by atoms with Gasteiger partial charge >= 0.3 is 0 Å². The highest BCUT2D eigenvalue weighted by molar-refractivity contribution is 5.95. The van der Waals surface area contributed by atoms with Crippen molar-refractivity contribution in [3.63, 3.8) is 0 Å². The molecular weight excluding hydrogens is 178 g/mol. The third-order valence-electron chi connectivity index (χ3n) is 2.52. The van der Waals surface area contributed by atoms with E-state index < -0.39 is 0 Å². The van der Waals surface area contributed by atoms with Gasteiger partial charge in [-0.3, -0.25) is 9.48 Å². The molecule has 76 valence electrons. The van der Waals surface area contributed by atoms with E-state index in [1.165, 1.54) is 12.8 Å². The lowest BCUT2D eigenvalue weighted by Gasteiger charge is -2.02. The number of aryl methyl sites for hydroxylation is 1. The predicted octanol–water partition coefficient (Wildman–Crippen LogP) is 0.602. The third-order valence-corrected chi connectivity index (χ3v) is 2.52. The summed E-state index contributed by atoms with van der Waals surface area (Å²) in [6.45, 7) is 1.40. The molecule has 4 heteroatoms. The smallest absolute Gasteiger partial charge is 0.194 e. The molecule has 1 aliphatic rings. The molecule has 0 aromatic carbocycles. The lowest BCUT2D eigenvalue weighted by molar-refractivity contribution is 0.0982. The minimum absolute atomic E-state index is 0.116. The molecule has 2 rings (SSSR count). The second-order valence-corrected chi connectivity index (χ2v) is 3.84. The highest BCUT2D eigenvalue weighted by Crippen LogP contribution is 2.27. The number of nitrogens with zero attached hydrogens (tertiary/aromatic N) is 2. The third kappa shape index (κ3) is 2.20. The molecule has 1 aliphatic carbocycles. The van der Waals surface area contributed by atoms with Crippen LogP contribution in [0.15, 0.2) is 12.3 Å². The van der Waals surface area contributed by atoms with Gasteiger partial charge in [-0.25, -0.2) is 0 Å². The van der Waals surface area contributed by atoms with Gasteiger partial charge in [-0.1, -0.05) is 0 Å². The fraction of sp³-hybridized carbons (Fsp3) is 0.600. The maximum atomic E-state index is 11.6. The summed E-state index contributed by atoms with van der Waals surface area (Å²) in [4.78, 5) is 11.6. The van der Waals surface area contributed by atoms with Gasteiger partial charge in [0.2, 0.25) is 0 Å². The highest BCUT2D eigenvalue weighted by atomic mass is 16.1. The average molecular weight is 193 g/mol. The molecule has 1 N–H and O–H groups in total. The number of hydrogen-bond acceptors (Lipinski definition) is 3. The van der Waals surface area contributed by atoms with Crippen molar-refractivity contribution in [3.05, 3.63) is 18.0 Å². The molecule has 1 saturated carbocycles. The maximum Gasteiger partial charge on any atom is 0.194 e. The highest BCUT2D eigenvalue weighted by Gasteiger charge is 2.20. The summed E-state index contributed by atoms with van der Waals surface area (Å²) >= 11 is 0. The van der Waals surface area contributed by atoms with Crippen LogP contribution in [0, 0.1) is 5.92 Å². The van der Waals surface area contributed by atoms with Crippen molar-refractivity contribution >= 4 is 5.78 Å². The van der Waals surface area contributed by atoms with Gasteiger partial charge in [0, 0.05) is 13.2 Å². The van der Waals surface area contributed by atoms with Gasteiger partial charge in [0.25, 0.3) is 0 Å². The Morgan fingerprint density at radius 1 is 1.71 bits per heavy atom. The van der Waals surface area contributed by atoms with Crippen molar-refractivity contribution in [2.45, 2.75) is 12.8 Å². The minimum atomic E-state index is 0.116. The molecule has 0 atom stereocenters. The Morgan fingerprint density at radius 2 is 2.50 bits per heavy atom. The Morgan fingerprint density at radius 3 is 3.07 bits per heavy atom. The number of rotatable bonds is 5. The monoisotopic (exact) mass is 193 g/mol. The molecule has 14 heavy (non-hydrogen) atoms. The SMILES string of the molecule is Cn1nccc1C(=O)CNCC1CC1. The van der Waals surface area contributed by atoms with E-state index in [0.29, 0.717) is 12.2 Å². The zero-order chi connectivity index (χ0) is 9.97. The van der Waals surface area contributed by atoms with E-state index in [9.17, 15) is 4.79 Å². The van der Waals surface area contributed by atoms with Crippen LogP contribution in [0.1, 0.15) is 23.3 Å². The number of ketones is 1. The summed E-state index contributed by atoms with van der Waals surface area (Å²) in [6.07, 6.45) is 4.27. The molecule has 0 saturated heterocycles. The molecule has 0 bridgehead atoms. The summed E-state index contributed by atoms with van der Waals surface area (Å²) in [5, 5.41) is 7.13. The lowest BCUT2D eigenvalue weighted by Crippen LogP contribution is -2.26. The van der Waals surface area contributed by atoms with Gasteiger partial charge in [-0.2, -0.15) is 5.10 Å². The Balaban J connectivity index is 1.79. The first kappa shape index (κ1) is 9.40. The molecular formula is C10H15N3O. The van der Waals surface area contributed by atoms with Gasteiger partial charge in [-0.15, -0.1) is 0 Å². The quantitative estimate of drug-likeness (QED) is 0.697. The maximum absolute atomic E-state index is 11.6. The fourth-order valence-corrected chi connectivity index (χ4v) is 1.45. The number of carbonyl (C=O) groups excluding carboxylic acids is 1. The van der Waals surface area contributed by atoms with Crippen LogP contribution in [-0.2, 0) is 7.05 Å². The van der Waals surface area contributed by atoms with Crippen molar-refractivity contribution in [2.24, 2.45) is 13.0 Å². The van der Waals surface area contributed by atoms with Gasteiger partial charge < -0.3 is 5.32 Å². The summed E-state index contributed by atoms with van der Waals surface area (Å²) in [5.41, 5.74) is 0.674. The van der Waals surface area contributed by atoms with Gasteiger partial charge in [-0.05, 0) is 31.4 Å². The molecule has 0 spiro atoms. The van der Waals surface area contributed by atoms with E-state index in [4.69, 9.17) is 0 Å². The average Bonchev–Trinajstić information content (AvgIpc) is 2.87. The van der Waals surface area contributed by atoms with Crippen molar-refractivity contribution in [2.75, 3.05) is 13.1 Å². The molecule has 0 unspecified atom stereocenters. The number of Topliss-reactive ketones (excluding diaryl/α,β-unsaturated/α-hetero) is 1. The Labute approximate surface area is 83.3 Å². The summed E-state index contributed by atoms with van der Waals surface area (Å²) in [7, 11) is 1.79. The fourth-order valence-electron chi connectivity index (χ4n) is 1.45. The van der Waals surface area contributed by atoms with Crippen LogP contribution < -0.4 is 5.32 Å². The van der Waals surface area contributed by atoms with Crippen LogP contribution in [-0.4, -0.2) is 28.7 Å². The van der Waals surface area contributed by atoms with E-state index >= 15 is 0 Å². The number of nitrogens with one attached hydrogen (secondary N) is 1. The van der Waals surface area contributed by atoms with Crippen molar-refractivity contribution < 1.29 is 4.79 Å². The van der Waals surface area contributed by atoms with Crippen molar-refractivity contribution in [3.8, 4) is 0 Å². The van der Waals surface area contributed by atoms with E-state index in [1.807, 2.05) is 0 Å². The first-order valence-electron chi connectivity index (χ1n) is 4.99. The van der Waals surface area contributed by atoms with Gasteiger partial charge in [0.05, 0.1) is 6.54 Å². The Bertz CT molecular complexity index is 328. The topological polar surface area (TPSA) is 46.9 Å².